The molecule has 0 aliphatic heterocycles. The first-order valence-corrected chi connectivity index (χ1v) is 8.40. The van der Waals surface area contributed by atoms with Crippen LogP contribution in [0, 0.1) is 0 Å². The number of thiocarbonyl (C=S) groups is 1. The van der Waals surface area contributed by atoms with Crippen LogP contribution in [0.25, 0.3) is 0 Å². The van der Waals surface area contributed by atoms with Crippen LogP contribution in [-0.4, -0.2) is 17.8 Å². The Hall–Kier alpha value is -2.07. The molecule has 0 bridgehead atoms. The van der Waals surface area contributed by atoms with E-state index in [-0.39, 0.29) is 6.10 Å². The zero-order valence-corrected chi connectivity index (χ0v) is 14.5. The Morgan fingerprint density at radius 3 is 2.39 bits per heavy atom. The van der Waals surface area contributed by atoms with Crippen LogP contribution < -0.4 is 15.4 Å². The second-order valence-electron chi connectivity index (χ2n) is 5.66. The van der Waals surface area contributed by atoms with E-state index in [4.69, 9.17) is 17.0 Å². The molecular weight excluding hydrogens is 304 g/mol. The Balaban J connectivity index is 1.68. The van der Waals surface area contributed by atoms with Gasteiger partial charge in [-0.25, -0.2) is 0 Å². The van der Waals surface area contributed by atoms with Crippen LogP contribution in [0.5, 0.6) is 5.75 Å². The van der Waals surface area contributed by atoms with Crippen molar-refractivity contribution in [2.24, 2.45) is 0 Å². The lowest BCUT2D eigenvalue weighted by Crippen LogP contribution is -2.29. The molecule has 0 atom stereocenters. The zero-order chi connectivity index (χ0) is 16.5. The highest BCUT2D eigenvalue weighted by Crippen LogP contribution is 2.16. The van der Waals surface area contributed by atoms with E-state index in [1.807, 2.05) is 44.2 Å². The van der Waals surface area contributed by atoms with Crippen LogP contribution in [0.2, 0.25) is 0 Å². The minimum Gasteiger partial charge on any atom is -0.491 e. The van der Waals surface area contributed by atoms with E-state index in [1.165, 1.54) is 5.56 Å². The fourth-order valence-electron chi connectivity index (χ4n) is 2.20. The van der Waals surface area contributed by atoms with Gasteiger partial charge in [0, 0.05) is 12.2 Å². The van der Waals surface area contributed by atoms with Gasteiger partial charge in [-0.3, -0.25) is 0 Å². The highest BCUT2D eigenvalue weighted by Gasteiger charge is 2.00. The van der Waals surface area contributed by atoms with Gasteiger partial charge in [0.1, 0.15) is 5.75 Å². The number of benzene rings is 2. The summed E-state index contributed by atoms with van der Waals surface area (Å²) in [6.07, 6.45) is 2.28. The summed E-state index contributed by atoms with van der Waals surface area (Å²) in [6, 6.07) is 18.3. The predicted molar refractivity (Wildman–Crippen MR) is 101 cm³/mol. The van der Waals surface area contributed by atoms with Gasteiger partial charge in [-0.05, 0) is 68.7 Å². The molecule has 0 spiro atoms. The maximum atomic E-state index is 5.62. The third-order valence-corrected chi connectivity index (χ3v) is 3.50. The van der Waals surface area contributed by atoms with Crippen molar-refractivity contribution in [3.8, 4) is 5.75 Å². The molecule has 0 fully saturated rings. The smallest absolute Gasteiger partial charge is 0.170 e. The summed E-state index contributed by atoms with van der Waals surface area (Å²) < 4.78 is 5.62. The fourth-order valence-corrected chi connectivity index (χ4v) is 2.42. The van der Waals surface area contributed by atoms with Crippen molar-refractivity contribution < 1.29 is 4.74 Å². The van der Waals surface area contributed by atoms with E-state index in [0.717, 1.165) is 30.8 Å². The van der Waals surface area contributed by atoms with E-state index < -0.39 is 0 Å². The molecule has 2 N–H and O–H groups in total. The summed E-state index contributed by atoms with van der Waals surface area (Å²) in [5.41, 5.74) is 2.32. The monoisotopic (exact) mass is 328 g/mol. The van der Waals surface area contributed by atoms with Crippen LogP contribution in [0.1, 0.15) is 25.8 Å². The summed E-state index contributed by atoms with van der Waals surface area (Å²) in [5.74, 6) is 0.868. The molecule has 3 nitrogen and oxygen atoms in total. The Bertz CT molecular complexity index is 597. The molecule has 2 aromatic rings. The molecule has 0 unspecified atom stereocenters. The number of hydrogen-bond donors (Lipinski definition) is 2. The normalized spacial score (nSPS) is 10.4. The van der Waals surface area contributed by atoms with Crippen molar-refractivity contribution in [3.05, 3.63) is 60.2 Å². The van der Waals surface area contributed by atoms with E-state index in [0.29, 0.717) is 5.11 Å². The van der Waals surface area contributed by atoms with Gasteiger partial charge in [0.05, 0.1) is 6.10 Å². The molecule has 0 radical (unpaired) electrons. The Morgan fingerprint density at radius 2 is 1.74 bits per heavy atom. The molecule has 0 aromatic heterocycles. The van der Waals surface area contributed by atoms with Crippen LogP contribution in [0.4, 0.5) is 5.69 Å². The lowest BCUT2D eigenvalue weighted by atomic mass is 10.1. The summed E-state index contributed by atoms with van der Waals surface area (Å²) in [6.45, 7) is 4.89. The summed E-state index contributed by atoms with van der Waals surface area (Å²) in [7, 11) is 0. The van der Waals surface area contributed by atoms with Crippen LogP contribution in [-0.2, 0) is 6.42 Å². The first kappa shape index (κ1) is 17.3. The van der Waals surface area contributed by atoms with Crippen molar-refractivity contribution in [3.63, 3.8) is 0 Å². The third-order valence-electron chi connectivity index (χ3n) is 3.25. The SMILES string of the molecule is CC(C)Oc1ccc(NC(=S)NCCCc2ccccc2)cc1. The lowest BCUT2D eigenvalue weighted by molar-refractivity contribution is 0.242. The Labute approximate surface area is 144 Å². The summed E-state index contributed by atoms with van der Waals surface area (Å²) in [5, 5.41) is 7.07. The molecule has 0 aliphatic rings. The maximum absolute atomic E-state index is 5.62. The highest BCUT2D eigenvalue weighted by molar-refractivity contribution is 7.80. The van der Waals surface area contributed by atoms with Gasteiger partial charge >= 0.3 is 0 Å². The number of rotatable bonds is 7. The Morgan fingerprint density at radius 1 is 1.04 bits per heavy atom. The highest BCUT2D eigenvalue weighted by atomic mass is 32.1. The standard InChI is InChI=1S/C19H24N2OS/c1-15(2)22-18-12-10-17(11-13-18)21-19(23)20-14-6-9-16-7-4-3-5-8-16/h3-5,7-8,10-13,15H,6,9,14H2,1-2H3,(H2,20,21,23). The van der Waals surface area contributed by atoms with Gasteiger partial charge in [0.15, 0.2) is 5.11 Å². The van der Waals surface area contributed by atoms with Crippen molar-refractivity contribution in [1.82, 2.24) is 5.32 Å². The Kier molecular flexibility index (Phi) is 6.88. The number of aryl methyl sites for hydroxylation is 1. The topological polar surface area (TPSA) is 33.3 Å². The quantitative estimate of drug-likeness (QED) is 0.583. The van der Waals surface area contributed by atoms with Crippen LogP contribution in [0.3, 0.4) is 0 Å². The number of ether oxygens (including phenoxy) is 1. The number of hydrogen-bond acceptors (Lipinski definition) is 2. The average Bonchev–Trinajstić information content (AvgIpc) is 2.54. The third kappa shape index (κ3) is 6.70. The molecule has 2 rings (SSSR count). The molecular formula is C19H24N2OS. The van der Waals surface area contributed by atoms with Crippen molar-refractivity contribution in [1.29, 1.82) is 0 Å². The molecule has 0 aliphatic carbocycles. The number of anilines is 1. The van der Waals surface area contributed by atoms with Gasteiger partial charge in [0.25, 0.3) is 0 Å². The second kappa shape index (κ2) is 9.16. The van der Waals surface area contributed by atoms with Gasteiger partial charge in [-0.1, -0.05) is 30.3 Å². The largest absolute Gasteiger partial charge is 0.491 e. The minimum atomic E-state index is 0.182. The fraction of sp³-hybridized carbons (Fsp3) is 0.316. The first-order valence-electron chi connectivity index (χ1n) is 7.99. The minimum absolute atomic E-state index is 0.182. The van der Waals surface area contributed by atoms with Crippen molar-refractivity contribution in [2.75, 3.05) is 11.9 Å². The molecule has 0 heterocycles. The average molecular weight is 328 g/mol. The second-order valence-corrected chi connectivity index (χ2v) is 6.07. The van der Waals surface area contributed by atoms with E-state index in [2.05, 4.69) is 34.9 Å². The summed E-state index contributed by atoms with van der Waals surface area (Å²) in [4.78, 5) is 0. The van der Waals surface area contributed by atoms with E-state index in [1.54, 1.807) is 0 Å². The molecule has 23 heavy (non-hydrogen) atoms. The molecule has 4 heteroatoms. The van der Waals surface area contributed by atoms with E-state index in [9.17, 15) is 0 Å². The predicted octanol–water partition coefficient (Wildman–Crippen LogP) is 4.39. The van der Waals surface area contributed by atoms with Gasteiger partial charge in [0.2, 0.25) is 0 Å². The molecule has 2 aromatic carbocycles. The van der Waals surface area contributed by atoms with Crippen molar-refractivity contribution >= 4 is 23.0 Å². The first-order chi connectivity index (χ1) is 11.1. The van der Waals surface area contributed by atoms with Gasteiger partial charge < -0.3 is 15.4 Å². The molecule has 0 saturated carbocycles. The number of nitrogens with one attached hydrogen (secondary N) is 2. The van der Waals surface area contributed by atoms with Crippen LogP contribution >= 0.6 is 12.2 Å². The molecule has 122 valence electrons. The van der Waals surface area contributed by atoms with Gasteiger partial charge in [-0.2, -0.15) is 0 Å². The van der Waals surface area contributed by atoms with Gasteiger partial charge in [-0.15, -0.1) is 0 Å². The summed E-state index contributed by atoms with van der Waals surface area (Å²) >= 11 is 5.32. The molecule has 0 saturated heterocycles. The molecule has 0 amide bonds. The zero-order valence-electron chi connectivity index (χ0n) is 13.7. The van der Waals surface area contributed by atoms with Crippen molar-refractivity contribution in [2.45, 2.75) is 32.8 Å². The maximum Gasteiger partial charge on any atom is 0.170 e. The van der Waals surface area contributed by atoms with Crippen LogP contribution in [0.15, 0.2) is 54.6 Å². The van der Waals surface area contributed by atoms with E-state index >= 15 is 0 Å². The lowest BCUT2D eigenvalue weighted by Gasteiger charge is -2.12.